The van der Waals surface area contributed by atoms with Crippen LogP contribution >= 0.6 is 35.3 Å². The molecule has 0 aliphatic heterocycles. The van der Waals surface area contributed by atoms with Gasteiger partial charge in [0.25, 0.3) is 0 Å². The lowest BCUT2D eigenvalue weighted by atomic mass is 10.2. The first-order chi connectivity index (χ1) is 11.4. The number of nitrogens with one attached hydrogen (secondary N) is 2. The highest BCUT2D eigenvalue weighted by Crippen LogP contribution is 2.10. The molecule has 0 saturated heterocycles. The van der Waals surface area contributed by atoms with Crippen molar-refractivity contribution < 1.29 is 0 Å². The molecule has 0 spiro atoms. The molecule has 0 aliphatic carbocycles. The van der Waals surface area contributed by atoms with Gasteiger partial charge in [0.15, 0.2) is 5.96 Å². The minimum atomic E-state index is 0. The van der Waals surface area contributed by atoms with Crippen LogP contribution in [0.5, 0.6) is 0 Å². The first kappa shape index (κ1) is 24.6. The zero-order valence-corrected chi connectivity index (χ0v) is 19.8. The monoisotopic (exact) mass is 481 g/mol. The minimum Gasteiger partial charge on any atom is -0.356 e. The molecule has 0 radical (unpaired) electrons. The Balaban J connectivity index is 0.00000576. The van der Waals surface area contributed by atoms with Crippen molar-refractivity contribution in [3.63, 3.8) is 0 Å². The summed E-state index contributed by atoms with van der Waals surface area (Å²) in [7, 11) is 1.83. The summed E-state index contributed by atoms with van der Waals surface area (Å²) in [6.07, 6.45) is 3.22. The Bertz CT molecular complexity index is 480. The van der Waals surface area contributed by atoms with Crippen LogP contribution in [-0.2, 0) is 6.42 Å². The van der Waals surface area contributed by atoms with E-state index in [1.165, 1.54) is 5.01 Å². The second-order valence-corrected chi connectivity index (χ2v) is 7.63. The van der Waals surface area contributed by atoms with E-state index in [1.54, 1.807) is 11.3 Å². The summed E-state index contributed by atoms with van der Waals surface area (Å²) in [6.45, 7) is 14.1. The number of hydrogen-bond donors (Lipinski definition) is 2. The fourth-order valence-corrected chi connectivity index (χ4v) is 3.58. The molecular formula is C18H36IN5S. The number of nitrogens with zero attached hydrogens (tertiary/aromatic N) is 3. The number of hydrogen-bond acceptors (Lipinski definition) is 4. The van der Waals surface area contributed by atoms with Gasteiger partial charge in [0.2, 0.25) is 0 Å². The molecule has 146 valence electrons. The highest BCUT2D eigenvalue weighted by atomic mass is 127. The van der Waals surface area contributed by atoms with Gasteiger partial charge in [-0.15, -0.1) is 35.3 Å². The molecule has 0 aliphatic rings. The predicted octanol–water partition coefficient (Wildman–Crippen LogP) is 3.68. The van der Waals surface area contributed by atoms with Gasteiger partial charge < -0.3 is 10.6 Å². The van der Waals surface area contributed by atoms with Crippen molar-refractivity contribution in [1.29, 1.82) is 0 Å². The van der Waals surface area contributed by atoms with Crippen molar-refractivity contribution in [3.05, 3.63) is 16.1 Å². The molecule has 1 heterocycles. The number of rotatable bonds is 10. The SMILES string of the molecule is CN=C(NCCCc1nc(C)cs1)NCCCN(C(C)C)C(C)C.I. The first-order valence-electron chi connectivity index (χ1n) is 9.05. The largest absolute Gasteiger partial charge is 0.356 e. The molecule has 0 unspecified atom stereocenters. The minimum absolute atomic E-state index is 0. The Hall–Kier alpha value is -0.410. The zero-order chi connectivity index (χ0) is 17.9. The molecule has 1 aromatic rings. The molecule has 1 aromatic heterocycles. The average Bonchev–Trinajstić information content (AvgIpc) is 2.93. The highest BCUT2D eigenvalue weighted by Gasteiger charge is 2.12. The van der Waals surface area contributed by atoms with E-state index >= 15 is 0 Å². The lowest BCUT2D eigenvalue weighted by Crippen LogP contribution is -2.41. The Morgan fingerprint density at radius 1 is 1.16 bits per heavy atom. The molecule has 0 atom stereocenters. The van der Waals surface area contributed by atoms with E-state index in [0.717, 1.165) is 50.6 Å². The van der Waals surface area contributed by atoms with Crippen LogP contribution in [0.2, 0.25) is 0 Å². The van der Waals surface area contributed by atoms with Gasteiger partial charge in [0, 0.05) is 56.3 Å². The lowest BCUT2D eigenvalue weighted by Gasteiger charge is -2.30. The maximum atomic E-state index is 4.49. The molecule has 0 amide bonds. The van der Waals surface area contributed by atoms with Crippen LogP contribution in [0.4, 0.5) is 0 Å². The quantitative estimate of drug-likeness (QED) is 0.232. The molecule has 0 saturated carbocycles. The van der Waals surface area contributed by atoms with Crippen molar-refractivity contribution in [1.82, 2.24) is 20.5 Å². The van der Waals surface area contributed by atoms with Crippen LogP contribution in [0, 0.1) is 6.92 Å². The third-order valence-corrected chi connectivity index (χ3v) is 4.99. The van der Waals surface area contributed by atoms with Crippen molar-refractivity contribution >= 4 is 41.3 Å². The van der Waals surface area contributed by atoms with Gasteiger partial charge >= 0.3 is 0 Å². The molecule has 1 rings (SSSR count). The number of halogens is 1. The van der Waals surface area contributed by atoms with Crippen LogP contribution in [0.15, 0.2) is 10.4 Å². The number of aryl methyl sites for hydroxylation is 2. The molecule has 25 heavy (non-hydrogen) atoms. The summed E-state index contributed by atoms with van der Waals surface area (Å²) in [6, 6.07) is 1.19. The summed E-state index contributed by atoms with van der Waals surface area (Å²) in [4.78, 5) is 11.3. The van der Waals surface area contributed by atoms with E-state index in [1.807, 2.05) is 14.0 Å². The second-order valence-electron chi connectivity index (χ2n) is 6.69. The maximum absolute atomic E-state index is 4.49. The summed E-state index contributed by atoms with van der Waals surface area (Å²) < 4.78 is 0. The Kier molecular flexibility index (Phi) is 13.5. The van der Waals surface area contributed by atoms with Crippen LogP contribution in [0.1, 0.15) is 51.2 Å². The molecular weight excluding hydrogens is 445 g/mol. The van der Waals surface area contributed by atoms with Gasteiger partial charge in [-0.2, -0.15) is 0 Å². The van der Waals surface area contributed by atoms with Crippen LogP contribution in [0.25, 0.3) is 0 Å². The van der Waals surface area contributed by atoms with Crippen LogP contribution in [0.3, 0.4) is 0 Å². The van der Waals surface area contributed by atoms with Crippen LogP contribution < -0.4 is 10.6 Å². The first-order valence-corrected chi connectivity index (χ1v) is 9.93. The molecule has 0 fully saturated rings. The fourth-order valence-electron chi connectivity index (χ4n) is 2.77. The number of thiazole rings is 1. The summed E-state index contributed by atoms with van der Waals surface area (Å²) in [5.74, 6) is 0.894. The number of aromatic nitrogens is 1. The van der Waals surface area contributed by atoms with Gasteiger partial charge in [-0.3, -0.25) is 9.89 Å². The van der Waals surface area contributed by atoms with Gasteiger partial charge in [0.1, 0.15) is 0 Å². The fraction of sp³-hybridized carbons (Fsp3) is 0.778. The van der Waals surface area contributed by atoms with Gasteiger partial charge in [-0.05, 0) is 47.5 Å². The Labute approximate surface area is 175 Å². The third-order valence-electron chi connectivity index (χ3n) is 3.96. The summed E-state index contributed by atoms with van der Waals surface area (Å²) in [5, 5.41) is 10.1. The maximum Gasteiger partial charge on any atom is 0.190 e. The third kappa shape index (κ3) is 10.4. The second kappa shape index (κ2) is 13.7. The predicted molar refractivity (Wildman–Crippen MR) is 122 cm³/mol. The smallest absolute Gasteiger partial charge is 0.190 e. The molecule has 7 heteroatoms. The van der Waals surface area contributed by atoms with Crippen LogP contribution in [-0.4, -0.2) is 54.6 Å². The van der Waals surface area contributed by atoms with Crippen molar-refractivity contribution in [2.24, 2.45) is 4.99 Å². The number of guanidine groups is 1. The normalized spacial score (nSPS) is 12.0. The topological polar surface area (TPSA) is 52.6 Å². The molecule has 0 aromatic carbocycles. The molecule has 2 N–H and O–H groups in total. The van der Waals surface area contributed by atoms with E-state index in [4.69, 9.17) is 0 Å². The Morgan fingerprint density at radius 3 is 2.24 bits per heavy atom. The zero-order valence-electron chi connectivity index (χ0n) is 16.6. The van der Waals surface area contributed by atoms with E-state index in [0.29, 0.717) is 12.1 Å². The summed E-state index contributed by atoms with van der Waals surface area (Å²) in [5.41, 5.74) is 1.12. The van der Waals surface area contributed by atoms with Crippen molar-refractivity contribution in [2.45, 2.75) is 66.0 Å². The van der Waals surface area contributed by atoms with Gasteiger partial charge in [-0.25, -0.2) is 4.98 Å². The van der Waals surface area contributed by atoms with E-state index in [9.17, 15) is 0 Å². The molecule has 5 nitrogen and oxygen atoms in total. The average molecular weight is 481 g/mol. The molecule has 0 bridgehead atoms. The van der Waals surface area contributed by atoms with Gasteiger partial charge in [-0.1, -0.05) is 0 Å². The number of aliphatic imine (C=N–C) groups is 1. The van der Waals surface area contributed by atoms with E-state index in [-0.39, 0.29) is 24.0 Å². The van der Waals surface area contributed by atoms with Gasteiger partial charge in [0.05, 0.1) is 5.01 Å². The lowest BCUT2D eigenvalue weighted by molar-refractivity contribution is 0.173. The highest BCUT2D eigenvalue weighted by molar-refractivity contribution is 14.0. The van der Waals surface area contributed by atoms with E-state index in [2.05, 4.69) is 58.6 Å². The van der Waals surface area contributed by atoms with Crippen molar-refractivity contribution in [3.8, 4) is 0 Å². The standard InChI is InChI=1S/C18H35N5S.HI/c1-14(2)23(15(3)4)12-8-11-21-18(19-6)20-10-7-9-17-22-16(5)13-24-17;/h13-15H,7-12H2,1-6H3,(H2,19,20,21);1H. The summed E-state index contributed by atoms with van der Waals surface area (Å²) >= 11 is 1.75. The van der Waals surface area contributed by atoms with E-state index < -0.39 is 0 Å². The Morgan fingerprint density at radius 2 is 1.76 bits per heavy atom. The van der Waals surface area contributed by atoms with Crippen molar-refractivity contribution in [2.75, 3.05) is 26.7 Å².